The number of aryl methyl sites for hydroxylation is 2. The minimum absolute atomic E-state index is 0.172. The molecule has 0 radical (unpaired) electrons. The second-order valence-corrected chi connectivity index (χ2v) is 5.75. The summed E-state index contributed by atoms with van der Waals surface area (Å²) >= 11 is 0. The predicted octanol–water partition coefficient (Wildman–Crippen LogP) is 2.70. The summed E-state index contributed by atoms with van der Waals surface area (Å²) in [4.78, 5) is 0. The van der Waals surface area contributed by atoms with Crippen molar-refractivity contribution in [2.24, 2.45) is 0 Å². The topological polar surface area (TPSA) is 72.2 Å². The molecule has 0 bridgehead atoms. The van der Waals surface area contributed by atoms with E-state index in [0.717, 1.165) is 16.5 Å². The summed E-state index contributed by atoms with van der Waals surface area (Å²) in [5.74, 6) is 0.714. The maximum Gasteiger partial charge on any atom is 0.256 e. The number of hydrogen-bond donors (Lipinski definition) is 1. The van der Waals surface area contributed by atoms with E-state index in [0.29, 0.717) is 5.76 Å². The summed E-state index contributed by atoms with van der Waals surface area (Å²) in [6.07, 6.45) is 1.52. The van der Waals surface area contributed by atoms with Gasteiger partial charge in [0.1, 0.15) is 5.76 Å². The van der Waals surface area contributed by atoms with Gasteiger partial charge in [0.15, 0.2) is 5.82 Å². The maximum absolute atomic E-state index is 11.8. The average Bonchev–Trinajstić information content (AvgIpc) is 2.73. The van der Waals surface area contributed by atoms with Crippen molar-refractivity contribution in [3.63, 3.8) is 0 Å². The summed E-state index contributed by atoms with van der Waals surface area (Å²) < 4.78 is 30.6. The zero-order chi connectivity index (χ0) is 13.9. The van der Waals surface area contributed by atoms with Crippen molar-refractivity contribution >= 4 is 21.9 Å². The lowest BCUT2D eigenvalue weighted by molar-refractivity contribution is 0.400. The molecule has 1 aromatic carbocycles. The van der Waals surface area contributed by atoms with Crippen molar-refractivity contribution in [3.8, 4) is 0 Å². The summed E-state index contributed by atoms with van der Waals surface area (Å²) in [7, 11) is -3.58. The number of hydrogen-bond acceptors (Lipinski definition) is 4. The van der Waals surface area contributed by atoms with Crippen molar-refractivity contribution in [2.45, 2.75) is 13.8 Å². The van der Waals surface area contributed by atoms with E-state index in [1.165, 1.54) is 12.1 Å². The molecule has 5 nitrogen and oxygen atoms in total. The van der Waals surface area contributed by atoms with Crippen LogP contribution >= 0.6 is 0 Å². The molecular weight excluding hydrogens is 264 g/mol. The van der Waals surface area contributed by atoms with E-state index in [4.69, 9.17) is 4.52 Å². The van der Waals surface area contributed by atoms with E-state index in [9.17, 15) is 8.42 Å². The fraction of sp³-hybridized carbons (Fsp3) is 0.154. The monoisotopic (exact) mass is 278 g/mol. The highest BCUT2D eigenvalue weighted by Gasteiger charge is 2.08. The highest BCUT2D eigenvalue weighted by molar-refractivity contribution is 7.95. The second-order valence-electron chi connectivity index (χ2n) is 4.18. The zero-order valence-corrected chi connectivity index (χ0v) is 11.4. The third-order valence-corrected chi connectivity index (χ3v) is 3.38. The molecule has 1 heterocycles. The molecule has 0 aliphatic heterocycles. The van der Waals surface area contributed by atoms with Crippen molar-refractivity contribution in [3.05, 3.63) is 52.6 Å². The molecule has 0 amide bonds. The predicted molar refractivity (Wildman–Crippen MR) is 74.0 cm³/mol. The Morgan fingerprint density at radius 2 is 1.89 bits per heavy atom. The van der Waals surface area contributed by atoms with Crippen LogP contribution in [0.15, 0.2) is 40.3 Å². The fourth-order valence-electron chi connectivity index (χ4n) is 1.44. The number of benzene rings is 1. The number of rotatable bonds is 4. The van der Waals surface area contributed by atoms with Gasteiger partial charge in [0.2, 0.25) is 0 Å². The minimum Gasteiger partial charge on any atom is -0.360 e. The van der Waals surface area contributed by atoms with Crippen LogP contribution in [-0.4, -0.2) is 13.6 Å². The normalized spacial score (nSPS) is 11.9. The second kappa shape index (κ2) is 5.27. The molecule has 2 rings (SSSR count). The first-order valence-corrected chi connectivity index (χ1v) is 7.20. The Kier molecular flexibility index (Phi) is 3.71. The van der Waals surface area contributed by atoms with E-state index >= 15 is 0 Å². The Balaban J connectivity index is 2.10. The molecule has 0 saturated heterocycles. The Hall–Kier alpha value is -2.08. The lowest BCUT2D eigenvalue weighted by Crippen LogP contribution is -2.08. The smallest absolute Gasteiger partial charge is 0.256 e. The zero-order valence-electron chi connectivity index (χ0n) is 10.6. The Morgan fingerprint density at radius 3 is 2.47 bits per heavy atom. The van der Waals surface area contributed by atoms with Gasteiger partial charge >= 0.3 is 0 Å². The van der Waals surface area contributed by atoms with Crippen molar-refractivity contribution in [1.29, 1.82) is 0 Å². The van der Waals surface area contributed by atoms with Gasteiger partial charge in [-0.25, -0.2) is 8.42 Å². The quantitative estimate of drug-likeness (QED) is 0.933. The Labute approximate surface area is 112 Å². The van der Waals surface area contributed by atoms with Crippen LogP contribution in [0.3, 0.4) is 0 Å². The Bertz CT molecular complexity index is 685. The van der Waals surface area contributed by atoms with Gasteiger partial charge in [0, 0.05) is 6.07 Å². The molecule has 100 valence electrons. The third-order valence-electron chi connectivity index (χ3n) is 2.39. The van der Waals surface area contributed by atoms with Gasteiger partial charge in [-0.15, -0.1) is 0 Å². The van der Waals surface area contributed by atoms with Gasteiger partial charge in [-0.2, -0.15) is 0 Å². The van der Waals surface area contributed by atoms with Crippen LogP contribution in [0.5, 0.6) is 0 Å². The van der Waals surface area contributed by atoms with E-state index in [2.05, 4.69) is 9.88 Å². The Morgan fingerprint density at radius 1 is 1.21 bits per heavy atom. The van der Waals surface area contributed by atoms with Gasteiger partial charge in [-0.05, 0) is 25.5 Å². The minimum atomic E-state index is -3.58. The maximum atomic E-state index is 11.8. The SMILES string of the molecule is Cc1ccc(C=CS(=O)(=O)Nc2cc(C)on2)cc1. The summed E-state index contributed by atoms with van der Waals surface area (Å²) in [6.45, 7) is 3.66. The molecule has 0 atom stereocenters. The van der Waals surface area contributed by atoms with E-state index < -0.39 is 10.0 Å². The average molecular weight is 278 g/mol. The van der Waals surface area contributed by atoms with Gasteiger partial charge in [-0.1, -0.05) is 35.0 Å². The van der Waals surface area contributed by atoms with Crippen LogP contribution in [0.25, 0.3) is 6.08 Å². The molecule has 0 fully saturated rings. The van der Waals surface area contributed by atoms with E-state index in [1.54, 1.807) is 6.92 Å². The van der Waals surface area contributed by atoms with Gasteiger partial charge in [-0.3, -0.25) is 4.72 Å². The molecule has 2 aromatic rings. The highest BCUT2D eigenvalue weighted by Crippen LogP contribution is 2.11. The summed E-state index contributed by atoms with van der Waals surface area (Å²) in [5.41, 5.74) is 1.93. The first kappa shape index (κ1) is 13.4. The number of nitrogens with zero attached hydrogens (tertiary/aromatic N) is 1. The standard InChI is InChI=1S/C13H14N2O3S/c1-10-3-5-12(6-4-10)7-8-19(16,17)15-13-9-11(2)18-14-13/h3-9H,1-2H3,(H,14,15). The van der Waals surface area contributed by atoms with Crippen LogP contribution in [-0.2, 0) is 10.0 Å². The van der Waals surface area contributed by atoms with Gasteiger partial charge in [0.25, 0.3) is 10.0 Å². The molecule has 1 aromatic heterocycles. The van der Waals surface area contributed by atoms with Crippen LogP contribution in [0, 0.1) is 13.8 Å². The largest absolute Gasteiger partial charge is 0.360 e. The molecule has 19 heavy (non-hydrogen) atoms. The number of sulfonamides is 1. The first-order chi connectivity index (χ1) is 8.94. The molecule has 1 N–H and O–H groups in total. The molecule has 0 saturated carbocycles. The van der Waals surface area contributed by atoms with E-state index in [-0.39, 0.29) is 5.82 Å². The third kappa shape index (κ3) is 3.96. The van der Waals surface area contributed by atoms with Crippen molar-refractivity contribution in [1.82, 2.24) is 5.16 Å². The van der Waals surface area contributed by atoms with Crippen molar-refractivity contribution in [2.75, 3.05) is 4.72 Å². The molecule has 0 spiro atoms. The number of nitrogens with one attached hydrogen (secondary N) is 1. The number of aromatic nitrogens is 1. The van der Waals surface area contributed by atoms with Crippen LogP contribution < -0.4 is 4.72 Å². The van der Waals surface area contributed by atoms with Crippen LogP contribution in [0.4, 0.5) is 5.82 Å². The number of anilines is 1. The van der Waals surface area contributed by atoms with Crippen LogP contribution in [0.1, 0.15) is 16.9 Å². The fourth-order valence-corrected chi connectivity index (χ4v) is 2.23. The van der Waals surface area contributed by atoms with E-state index in [1.807, 2.05) is 31.2 Å². The van der Waals surface area contributed by atoms with Gasteiger partial charge < -0.3 is 4.52 Å². The highest BCUT2D eigenvalue weighted by atomic mass is 32.2. The van der Waals surface area contributed by atoms with Crippen molar-refractivity contribution < 1.29 is 12.9 Å². The first-order valence-electron chi connectivity index (χ1n) is 5.65. The molecular formula is C13H14N2O3S. The summed E-state index contributed by atoms with van der Waals surface area (Å²) in [6, 6.07) is 9.04. The lowest BCUT2D eigenvalue weighted by atomic mass is 10.2. The summed E-state index contributed by atoms with van der Waals surface area (Å²) in [5, 5.41) is 4.67. The molecule has 0 aliphatic rings. The molecule has 6 heteroatoms. The lowest BCUT2D eigenvalue weighted by Gasteiger charge is -1.99. The molecule has 0 aliphatic carbocycles. The van der Waals surface area contributed by atoms with Crippen LogP contribution in [0.2, 0.25) is 0 Å². The molecule has 0 unspecified atom stereocenters. The van der Waals surface area contributed by atoms with Gasteiger partial charge in [0.05, 0.1) is 5.41 Å².